The van der Waals surface area contributed by atoms with Crippen LogP contribution < -0.4 is 10.2 Å². The minimum Gasteiger partial charge on any atom is -0.357 e. The second kappa shape index (κ2) is 5.74. The lowest BCUT2D eigenvalue weighted by Crippen LogP contribution is -2.14. The van der Waals surface area contributed by atoms with Crippen molar-refractivity contribution < 1.29 is 4.92 Å². The smallest absolute Gasteiger partial charge is 0.353 e. The van der Waals surface area contributed by atoms with Crippen LogP contribution in [0.2, 0.25) is 0 Å². The van der Waals surface area contributed by atoms with Gasteiger partial charge in [0.25, 0.3) is 0 Å². The first-order valence-corrected chi connectivity index (χ1v) is 6.41. The Bertz CT molecular complexity index is 685. The zero-order valence-electron chi connectivity index (χ0n) is 12.4. The van der Waals surface area contributed by atoms with E-state index in [1.165, 1.54) is 6.33 Å². The van der Waals surface area contributed by atoms with Gasteiger partial charge in [0, 0.05) is 19.8 Å². The van der Waals surface area contributed by atoms with Crippen LogP contribution in [-0.2, 0) is 0 Å². The normalized spacial score (nSPS) is 10.3. The minimum absolute atomic E-state index is 0.136. The van der Waals surface area contributed by atoms with Gasteiger partial charge < -0.3 is 10.2 Å². The second-order valence-electron chi connectivity index (χ2n) is 4.92. The fourth-order valence-corrected chi connectivity index (χ4v) is 1.97. The molecule has 1 heterocycles. The maximum absolute atomic E-state index is 11.3. The fourth-order valence-electron chi connectivity index (χ4n) is 1.97. The average Bonchev–Trinajstić information content (AvgIpc) is 2.43. The van der Waals surface area contributed by atoms with Crippen molar-refractivity contribution in [3.8, 4) is 0 Å². The first-order chi connectivity index (χ1) is 9.91. The lowest BCUT2D eigenvalue weighted by molar-refractivity contribution is -0.383. The summed E-state index contributed by atoms with van der Waals surface area (Å²) < 4.78 is 0. The molecule has 0 radical (unpaired) electrons. The quantitative estimate of drug-likeness (QED) is 0.687. The van der Waals surface area contributed by atoms with Crippen molar-refractivity contribution in [2.45, 2.75) is 13.8 Å². The summed E-state index contributed by atoms with van der Waals surface area (Å²) in [6, 6.07) is 5.74. The summed E-state index contributed by atoms with van der Waals surface area (Å²) in [5.41, 5.74) is 2.78. The molecule has 0 spiro atoms. The van der Waals surface area contributed by atoms with Gasteiger partial charge in [0.15, 0.2) is 0 Å². The highest BCUT2D eigenvalue weighted by atomic mass is 16.6. The first kappa shape index (κ1) is 14.7. The van der Waals surface area contributed by atoms with Gasteiger partial charge in [-0.25, -0.2) is 9.97 Å². The van der Waals surface area contributed by atoms with Gasteiger partial charge >= 0.3 is 5.69 Å². The molecule has 0 atom stereocenters. The molecule has 0 fully saturated rings. The number of hydrogen-bond acceptors (Lipinski definition) is 6. The van der Waals surface area contributed by atoms with Gasteiger partial charge in [0.1, 0.15) is 6.33 Å². The van der Waals surface area contributed by atoms with Crippen LogP contribution in [0.15, 0.2) is 24.5 Å². The number of hydrogen-bond donors (Lipinski definition) is 1. The summed E-state index contributed by atoms with van der Waals surface area (Å²) in [4.78, 5) is 20.5. The van der Waals surface area contributed by atoms with E-state index in [0.717, 1.165) is 16.8 Å². The van der Waals surface area contributed by atoms with E-state index in [9.17, 15) is 10.1 Å². The number of nitrogens with zero attached hydrogens (tertiary/aromatic N) is 4. The molecule has 7 heteroatoms. The Hall–Kier alpha value is -2.70. The number of aromatic nitrogens is 2. The molecule has 2 aromatic rings. The maximum Gasteiger partial charge on any atom is 0.353 e. The standard InChI is InChI=1S/C14H17N5O2/c1-9-6-5-7-11(10(9)2)17-13-12(19(20)21)14(18(3)4)16-8-15-13/h5-8H,1-4H3,(H,15,16,17). The Morgan fingerprint density at radius 3 is 2.57 bits per heavy atom. The number of rotatable bonds is 4. The van der Waals surface area contributed by atoms with E-state index < -0.39 is 4.92 Å². The highest BCUT2D eigenvalue weighted by molar-refractivity contribution is 5.75. The molecule has 110 valence electrons. The highest BCUT2D eigenvalue weighted by Crippen LogP contribution is 2.33. The van der Waals surface area contributed by atoms with E-state index in [0.29, 0.717) is 0 Å². The summed E-state index contributed by atoms with van der Waals surface area (Å²) in [5.74, 6) is 0.454. The predicted molar refractivity (Wildman–Crippen MR) is 82.2 cm³/mol. The Morgan fingerprint density at radius 1 is 1.24 bits per heavy atom. The third-order valence-electron chi connectivity index (χ3n) is 3.27. The fraction of sp³-hybridized carbons (Fsp3) is 0.286. The molecule has 0 bridgehead atoms. The van der Waals surface area contributed by atoms with Crippen molar-refractivity contribution in [1.29, 1.82) is 0 Å². The molecule has 21 heavy (non-hydrogen) atoms. The zero-order chi connectivity index (χ0) is 15.6. The molecule has 0 aliphatic heterocycles. The van der Waals surface area contributed by atoms with Crippen LogP contribution in [0, 0.1) is 24.0 Å². The Balaban J connectivity index is 2.52. The van der Waals surface area contributed by atoms with Gasteiger partial charge in [0.05, 0.1) is 4.92 Å². The third kappa shape index (κ3) is 2.91. The van der Waals surface area contributed by atoms with Crippen LogP contribution in [0.1, 0.15) is 11.1 Å². The van der Waals surface area contributed by atoms with E-state index in [-0.39, 0.29) is 17.3 Å². The van der Waals surface area contributed by atoms with E-state index in [4.69, 9.17) is 0 Å². The minimum atomic E-state index is -0.469. The monoisotopic (exact) mass is 287 g/mol. The molecule has 0 saturated heterocycles. The van der Waals surface area contributed by atoms with Crippen molar-refractivity contribution >= 4 is 23.0 Å². The van der Waals surface area contributed by atoms with Crippen LogP contribution in [-0.4, -0.2) is 29.0 Å². The van der Waals surface area contributed by atoms with E-state index >= 15 is 0 Å². The number of aryl methyl sites for hydroxylation is 1. The van der Waals surface area contributed by atoms with Crippen LogP contribution in [0.3, 0.4) is 0 Å². The number of anilines is 3. The average molecular weight is 287 g/mol. The molecule has 1 aromatic carbocycles. The summed E-state index contributed by atoms with van der Waals surface area (Å²) in [5, 5.41) is 14.4. The Morgan fingerprint density at radius 2 is 1.95 bits per heavy atom. The molecule has 0 unspecified atom stereocenters. The van der Waals surface area contributed by atoms with E-state index in [1.54, 1.807) is 19.0 Å². The third-order valence-corrected chi connectivity index (χ3v) is 3.27. The molecule has 7 nitrogen and oxygen atoms in total. The Labute approximate surface area is 122 Å². The van der Waals surface area contributed by atoms with Crippen molar-refractivity contribution in [3.63, 3.8) is 0 Å². The summed E-state index contributed by atoms with van der Waals surface area (Å²) in [6.07, 6.45) is 1.32. The Kier molecular flexibility index (Phi) is 4.02. The SMILES string of the molecule is Cc1cccc(Nc2ncnc(N(C)C)c2[N+](=O)[O-])c1C. The topological polar surface area (TPSA) is 84.2 Å². The molecule has 1 aromatic heterocycles. The molecule has 2 rings (SSSR count). The summed E-state index contributed by atoms with van der Waals surface area (Å²) in [6.45, 7) is 3.94. The lowest BCUT2D eigenvalue weighted by Gasteiger charge is -2.14. The summed E-state index contributed by atoms with van der Waals surface area (Å²) in [7, 11) is 3.41. The molecule has 0 aliphatic carbocycles. The molecular formula is C14H17N5O2. The van der Waals surface area contributed by atoms with Crippen LogP contribution in [0.4, 0.5) is 23.0 Å². The number of nitro groups is 1. The summed E-state index contributed by atoms with van der Waals surface area (Å²) >= 11 is 0. The predicted octanol–water partition coefficient (Wildman–Crippen LogP) is 2.81. The second-order valence-corrected chi connectivity index (χ2v) is 4.92. The van der Waals surface area contributed by atoms with Crippen LogP contribution in [0.5, 0.6) is 0 Å². The van der Waals surface area contributed by atoms with Crippen molar-refractivity contribution in [2.24, 2.45) is 0 Å². The molecule has 0 aliphatic rings. The van der Waals surface area contributed by atoms with Crippen molar-refractivity contribution in [1.82, 2.24) is 9.97 Å². The van der Waals surface area contributed by atoms with Crippen LogP contribution >= 0.6 is 0 Å². The van der Waals surface area contributed by atoms with Gasteiger partial charge in [-0.1, -0.05) is 12.1 Å². The van der Waals surface area contributed by atoms with E-state index in [1.807, 2.05) is 32.0 Å². The number of nitrogens with one attached hydrogen (secondary N) is 1. The van der Waals surface area contributed by atoms with Gasteiger partial charge in [-0.05, 0) is 31.0 Å². The largest absolute Gasteiger partial charge is 0.357 e. The molecule has 0 saturated carbocycles. The lowest BCUT2D eigenvalue weighted by atomic mass is 10.1. The number of benzene rings is 1. The zero-order valence-corrected chi connectivity index (χ0v) is 12.4. The van der Waals surface area contributed by atoms with E-state index in [2.05, 4.69) is 15.3 Å². The van der Waals surface area contributed by atoms with Crippen molar-refractivity contribution in [3.05, 3.63) is 45.8 Å². The van der Waals surface area contributed by atoms with Gasteiger partial charge in [-0.15, -0.1) is 0 Å². The van der Waals surface area contributed by atoms with Crippen LogP contribution in [0.25, 0.3) is 0 Å². The van der Waals surface area contributed by atoms with Crippen molar-refractivity contribution in [2.75, 3.05) is 24.3 Å². The molecule has 1 N–H and O–H groups in total. The highest BCUT2D eigenvalue weighted by Gasteiger charge is 2.24. The molecular weight excluding hydrogens is 270 g/mol. The maximum atomic E-state index is 11.3. The van der Waals surface area contributed by atoms with Gasteiger partial charge in [-0.3, -0.25) is 10.1 Å². The first-order valence-electron chi connectivity index (χ1n) is 6.41. The van der Waals surface area contributed by atoms with Gasteiger partial charge in [-0.2, -0.15) is 0 Å². The van der Waals surface area contributed by atoms with Gasteiger partial charge in [0.2, 0.25) is 11.6 Å². The molecule has 0 amide bonds.